The quantitative estimate of drug-likeness (QED) is 0.878. The minimum atomic E-state index is 0. The van der Waals surface area contributed by atoms with Crippen LogP contribution in [0.5, 0.6) is 5.75 Å². The van der Waals surface area contributed by atoms with Crippen molar-refractivity contribution in [2.24, 2.45) is 0 Å². The maximum atomic E-state index is 12.1. The number of nitrogens with zero attached hydrogens (tertiary/aromatic N) is 1. The molecule has 0 aliphatic carbocycles. The molecule has 1 saturated heterocycles. The summed E-state index contributed by atoms with van der Waals surface area (Å²) >= 11 is 0. The van der Waals surface area contributed by atoms with Gasteiger partial charge < -0.3 is 15.0 Å². The Morgan fingerprint density at radius 2 is 2.10 bits per heavy atom. The van der Waals surface area contributed by atoms with E-state index < -0.39 is 0 Å². The van der Waals surface area contributed by atoms with Crippen LogP contribution in [-0.4, -0.2) is 37.0 Å². The number of halogens is 1. The molecule has 0 aromatic heterocycles. The zero-order valence-corrected chi connectivity index (χ0v) is 13.6. The van der Waals surface area contributed by atoms with E-state index >= 15 is 0 Å². The Balaban J connectivity index is 0.00000220. The highest BCUT2D eigenvalue weighted by molar-refractivity contribution is 5.85. The molecule has 0 bridgehead atoms. The van der Waals surface area contributed by atoms with Gasteiger partial charge in [0.25, 0.3) is 0 Å². The van der Waals surface area contributed by atoms with E-state index in [9.17, 15) is 4.79 Å². The first-order valence-corrected chi connectivity index (χ1v) is 7.38. The van der Waals surface area contributed by atoms with Gasteiger partial charge in [-0.05, 0) is 44.0 Å². The lowest BCUT2D eigenvalue weighted by atomic mass is 10.1. The van der Waals surface area contributed by atoms with E-state index in [-0.39, 0.29) is 18.3 Å². The Morgan fingerprint density at radius 3 is 2.67 bits per heavy atom. The van der Waals surface area contributed by atoms with Crippen LogP contribution in [-0.2, 0) is 11.3 Å². The lowest BCUT2D eigenvalue weighted by Gasteiger charge is -2.19. The van der Waals surface area contributed by atoms with E-state index in [2.05, 4.69) is 5.32 Å². The minimum Gasteiger partial charge on any atom is -0.494 e. The maximum Gasteiger partial charge on any atom is 0.224 e. The fourth-order valence-electron chi connectivity index (χ4n) is 2.52. The van der Waals surface area contributed by atoms with Gasteiger partial charge in [-0.2, -0.15) is 0 Å². The number of hydrogen-bond acceptors (Lipinski definition) is 3. The molecular weight excluding hydrogens is 288 g/mol. The molecule has 1 aliphatic rings. The second kappa shape index (κ2) is 8.90. The normalized spacial score (nSPS) is 17.1. The summed E-state index contributed by atoms with van der Waals surface area (Å²) in [5.74, 6) is 1.08. The monoisotopic (exact) mass is 312 g/mol. The van der Waals surface area contributed by atoms with Crippen LogP contribution in [0.15, 0.2) is 24.3 Å². The molecule has 4 nitrogen and oxygen atoms in total. The molecule has 1 aromatic rings. The lowest BCUT2D eigenvalue weighted by Crippen LogP contribution is -2.33. The molecule has 1 amide bonds. The van der Waals surface area contributed by atoms with Gasteiger partial charge in [-0.15, -0.1) is 12.4 Å². The number of amides is 1. The number of benzene rings is 1. The van der Waals surface area contributed by atoms with E-state index in [4.69, 9.17) is 4.74 Å². The van der Waals surface area contributed by atoms with Crippen LogP contribution in [0, 0.1) is 0 Å². The molecule has 0 saturated carbocycles. The van der Waals surface area contributed by atoms with Crippen LogP contribution in [0.4, 0.5) is 0 Å². The van der Waals surface area contributed by atoms with Gasteiger partial charge in [-0.25, -0.2) is 0 Å². The molecule has 1 aliphatic heterocycles. The molecular formula is C16H25ClN2O2. The molecule has 21 heavy (non-hydrogen) atoms. The summed E-state index contributed by atoms with van der Waals surface area (Å²) in [6.45, 7) is 4.34. The third-order valence-corrected chi connectivity index (χ3v) is 3.66. The smallest absolute Gasteiger partial charge is 0.224 e. The highest BCUT2D eigenvalue weighted by Crippen LogP contribution is 2.15. The zero-order valence-electron chi connectivity index (χ0n) is 12.8. The van der Waals surface area contributed by atoms with Crippen molar-refractivity contribution in [1.29, 1.82) is 0 Å². The molecule has 1 atom stereocenters. The van der Waals surface area contributed by atoms with Crippen molar-refractivity contribution in [3.05, 3.63) is 29.8 Å². The Morgan fingerprint density at radius 1 is 1.38 bits per heavy atom. The molecule has 1 aromatic carbocycles. The SMILES string of the molecule is CCOc1ccc(CN(C)C(=O)CC2CCCN2)cc1.Cl. The van der Waals surface area contributed by atoms with Crippen molar-refractivity contribution in [2.75, 3.05) is 20.2 Å². The first kappa shape index (κ1) is 17.8. The third-order valence-electron chi connectivity index (χ3n) is 3.66. The van der Waals surface area contributed by atoms with Crippen LogP contribution in [0.2, 0.25) is 0 Å². The molecule has 1 heterocycles. The number of carbonyl (C=O) groups is 1. The van der Waals surface area contributed by atoms with E-state index in [1.54, 1.807) is 4.90 Å². The fraction of sp³-hybridized carbons (Fsp3) is 0.562. The van der Waals surface area contributed by atoms with Crippen LogP contribution >= 0.6 is 12.4 Å². The van der Waals surface area contributed by atoms with Gasteiger partial charge in [0.2, 0.25) is 5.91 Å². The number of ether oxygens (including phenoxy) is 1. The number of hydrogen-bond donors (Lipinski definition) is 1. The standard InChI is InChI=1S/C16H24N2O2.ClH/c1-3-20-15-8-6-13(7-9-15)12-18(2)16(19)11-14-5-4-10-17-14;/h6-9,14,17H,3-5,10-12H2,1-2H3;1H. The van der Waals surface area contributed by atoms with Crippen molar-refractivity contribution >= 4 is 18.3 Å². The molecule has 0 spiro atoms. The lowest BCUT2D eigenvalue weighted by molar-refractivity contribution is -0.130. The summed E-state index contributed by atoms with van der Waals surface area (Å²) in [4.78, 5) is 13.9. The summed E-state index contributed by atoms with van der Waals surface area (Å²) in [6.07, 6.45) is 2.90. The van der Waals surface area contributed by atoms with Gasteiger partial charge in [0.15, 0.2) is 0 Å². The van der Waals surface area contributed by atoms with Gasteiger partial charge >= 0.3 is 0 Å². The zero-order chi connectivity index (χ0) is 14.4. The minimum absolute atomic E-state index is 0. The molecule has 1 unspecified atom stereocenters. The van der Waals surface area contributed by atoms with Gasteiger partial charge in [-0.1, -0.05) is 12.1 Å². The molecule has 1 N–H and O–H groups in total. The van der Waals surface area contributed by atoms with Crippen molar-refractivity contribution in [2.45, 2.75) is 38.8 Å². The van der Waals surface area contributed by atoms with Gasteiger partial charge in [0, 0.05) is 26.1 Å². The van der Waals surface area contributed by atoms with Crippen LogP contribution in [0.1, 0.15) is 31.7 Å². The summed E-state index contributed by atoms with van der Waals surface area (Å²) in [7, 11) is 1.87. The highest BCUT2D eigenvalue weighted by Gasteiger charge is 2.19. The summed E-state index contributed by atoms with van der Waals surface area (Å²) in [5, 5.41) is 3.36. The molecule has 2 rings (SSSR count). The number of carbonyl (C=O) groups excluding carboxylic acids is 1. The Hall–Kier alpha value is -1.26. The average molecular weight is 313 g/mol. The Bertz CT molecular complexity index is 430. The largest absolute Gasteiger partial charge is 0.494 e. The van der Waals surface area contributed by atoms with Crippen LogP contribution in [0.3, 0.4) is 0 Å². The summed E-state index contributed by atoms with van der Waals surface area (Å²) in [5.41, 5.74) is 1.13. The molecule has 118 valence electrons. The third kappa shape index (κ3) is 5.56. The number of rotatable bonds is 6. The van der Waals surface area contributed by atoms with Crippen molar-refractivity contribution in [3.63, 3.8) is 0 Å². The topological polar surface area (TPSA) is 41.6 Å². The summed E-state index contributed by atoms with van der Waals surface area (Å²) in [6, 6.07) is 8.31. The van der Waals surface area contributed by atoms with Gasteiger partial charge in [0.05, 0.1) is 6.61 Å². The van der Waals surface area contributed by atoms with E-state index in [1.165, 1.54) is 6.42 Å². The molecule has 1 fully saturated rings. The van der Waals surface area contributed by atoms with Crippen LogP contribution < -0.4 is 10.1 Å². The first-order valence-electron chi connectivity index (χ1n) is 7.38. The average Bonchev–Trinajstić information content (AvgIpc) is 2.94. The highest BCUT2D eigenvalue weighted by atomic mass is 35.5. The first-order chi connectivity index (χ1) is 9.69. The summed E-state index contributed by atoms with van der Waals surface area (Å²) < 4.78 is 5.41. The van der Waals surface area contributed by atoms with Crippen LogP contribution in [0.25, 0.3) is 0 Å². The molecule has 5 heteroatoms. The van der Waals surface area contributed by atoms with Gasteiger partial charge in [-0.3, -0.25) is 4.79 Å². The Kier molecular flexibility index (Phi) is 7.54. The van der Waals surface area contributed by atoms with E-state index in [0.29, 0.717) is 25.6 Å². The van der Waals surface area contributed by atoms with E-state index in [1.807, 2.05) is 38.2 Å². The predicted octanol–water partition coefficient (Wildman–Crippen LogP) is 2.61. The molecule has 0 radical (unpaired) electrons. The fourth-order valence-corrected chi connectivity index (χ4v) is 2.52. The van der Waals surface area contributed by atoms with E-state index in [0.717, 1.165) is 24.3 Å². The van der Waals surface area contributed by atoms with Crippen molar-refractivity contribution in [1.82, 2.24) is 10.2 Å². The second-order valence-corrected chi connectivity index (χ2v) is 5.32. The maximum absolute atomic E-state index is 12.1. The Labute approximate surface area is 133 Å². The second-order valence-electron chi connectivity index (χ2n) is 5.32. The van der Waals surface area contributed by atoms with Crippen molar-refractivity contribution in [3.8, 4) is 5.75 Å². The predicted molar refractivity (Wildman–Crippen MR) is 87.0 cm³/mol. The van der Waals surface area contributed by atoms with Crippen molar-refractivity contribution < 1.29 is 9.53 Å². The number of nitrogens with one attached hydrogen (secondary N) is 1. The van der Waals surface area contributed by atoms with Gasteiger partial charge in [0.1, 0.15) is 5.75 Å².